The van der Waals surface area contributed by atoms with Crippen molar-refractivity contribution in [1.82, 2.24) is 9.62 Å². The fourth-order valence-electron chi connectivity index (χ4n) is 2.57. The van der Waals surface area contributed by atoms with Gasteiger partial charge in [-0.05, 0) is 51.1 Å². The van der Waals surface area contributed by atoms with E-state index in [4.69, 9.17) is 10.5 Å². The molecule has 1 aliphatic heterocycles. The zero-order valence-electron chi connectivity index (χ0n) is 12.7. The molecule has 1 fully saturated rings. The van der Waals surface area contributed by atoms with Gasteiger partial charge in [0.05, 0.1) is 7.11 Å². The smallest absolute Gasteiger partial charge is 0.244 e. The number of ether oxygens (including phenoxy) is 1. The number of hydrogen-bond acceptors (Lipinski definition) is 5. The third kappa shape index (κ3) is 3.48. The Balaban J connectivity index is 2.21. The van der Waals surface area contributed by atoms with Crippen molar-refractivity contribution in [3.8, 4) is 5.75 Å². The summed E-state index contributed by atoms with van der Waals surface area (Å²) in [5.74, 6) is 0.314. The fourth-order valence-corrected chi connectivity index (χ4v) is 3.82. The lowest BCUT2D eigenvalue weighted by Crippen LogP contribution is -2.38. The van der Waals surface area contributed by atoms with Gasteiger partial charge in [0.15, 0.2) is 0 Å². The largest absolute Gasteiger partial charge is 0.495 e. The summed E-state index contributed by atoms with van der Waals surface area (Å²) in [7, 11) is -0.171. The lowest BCUT2D eigenvalue weighted by molar-refractivity contribution is 0.310. The van der Waals surface area contributed by atoms with Crippen molar-refractivity contribution < 1.29 is 13.2 Å². The second kappa shape index (κ2) is 6.21. The van der Waals surface area contributed by atoms with Crippen molar-refractivity contribution in [3.63, 3.8) is 0 Å². The number of hydrogen-bond donors (Lipinski definition) is 2. The van der Waals surface area contributed by atoms with Gasteiger partial charge in [-0.2, -0.15) is 0 Å². The van der Waals surface area contributed by atoms with Gasteiger partial charge in [0.2, 0.25) is 10.0 Å². The minimum absolute atomic E-state index is 0.0914. The molecule has 7 heteroatoms. The van der Waals surface area contributed by atoms with E-state index >= 15 is 0 Å². The van der Waals surface area contributed by atoms with Gasteiger partial charge in [0.25, 0.3) is 0 Å². The standard InChI is InChI=1S/C14H23N3O3S/c1-10-7-13(20-3)14(8-12(10)15)21(18,19)16-9-11-5-4-6-17(11)2/h7-8,11,16H,4-6,9,15H2,1-3H3. The lowest BCUT2D eigenvalue weighted by atomic mass is 10.2. The first-order valence-corrected chi connectivity index (χ1v) is 8.47. The first kappa shape index (κ1) is 16.1. The molecule has 0 amide bonds. The Morgan fingerprint density at radius 2 is 2.19 bits per heavy atom. The minimum atomic E-state index is -3.63. The third-order valence-corrected chi connectivity index (χ3v) is 5.47. The van der Waals surface area contributed by atoms with Crippen LogP contribution >= 0.6 is 0 Å². The molecule has 1 atom stereocenters. The van der Waals surface area contributed by atoms with Crippen LogP contribution in [-0.4, -0.2) is 46.6 Å². The molecule has 0 spiro atoms. The Morgan fingerprint density at radius 1 is 1.48 bits per heavy atom. The molecular formula is C14H23N3O3S. The average molecular weight is 313 g/mol. The number of nitrogen functional groups attached to an aromatic ring is 1. The molecule has 6 nitrogen and oxygen atoms in total. The predicted octanol–water partition coefficient (Wildman–Crippen LogP) is 0.958. The maximum absolute atomic E-state index is 12.5. The van der Waals surface area contributed by atoms with Crippen LogP contribution in [-0.2, 0) is 10.0 Å². The topological polar surface area (TPSA) is 84.7 Å². The molecule has 1 aromatic rings. The van der Waals surface area contributed by atoms with Crippen molar-refractivity contribution in [2.24, 2.45) is 0 Å². The normalized spacial score (nSPS) is 19.9. The zero-order chi connectivity index (χ0) is 15.6. The summed E-state index contributed by atoms with van der Waals surface area (Å²) in [6, 6.07) is 3.34. The van der Waals surface area contributed by atoms with E-state index in [0.717, 1.165) is 24.9 Å². The quantitative estimate of drug-likeness (QED) is 0.791. The second-order valence-corrected chi connectivity index (χ2v) is 7.22. The lowest BCUT2D eigenvalue weighted by Gasteiger charge is -2.20. The number of anilines is 1. The fraction of sp³-hybridized carbons (Fsp3) is 0.571. The summed E-state index contributed by atoms with van der Waals surface area (Å²) in [6.07, 6.45) is 2.11. The van der Waals surface area contributed by atoms with Crippen LogP contribution in [0, 0.1) is 6.92 Å². The molecule has 0 bridgehead atoms. The van der Waals surface area contributed by atoms with Crippen molar-refractivity contribution in [2.75, 3.05) is 33.0 Å². The Kier molecular flexibility index (Phi) is 4.75. The van der Waals surface area contributed by atoms with Crippen LogP contribution in [0.2, 0.25) is 0 Å². The molecule has 0 radical (unpaired) electrons. The van der Waals surface area contributed by atoms with Gasteiger partial charge in [0.1, 0.15) is 10.6 Å². The van der Waals surface area contributed by atoms with E-state index in [1.165, 1.54) is 13.2 Å². The van der Waals surface area contributed by atoms with Gasteiger partial charge in [-0.15, -0.1) is 0 Å². The molecular weight excluding hydrogens is 290 g/mol. The Bertz CT molecular complexity index is 616. The van der Waals surface area contributed by atoms with Crippen LogP contribution in [0.25, 0.3) is 0 Å². The molecule has 21 heavy (non-hydrogen) atoms. The molecule has 118 valence electrons. The van der Waals surface area contributed by atoms with Crippen LogP contribution in [0.5, 0.6) is 5.75 Å². The second-order valence-electron chi connectivity index (χ2n) is 5.49. The maximum atomic E-state index is 12.5. The van der Waals surface area contributed by atoms with Crippen LogP contribution in [0.15, 0.2) is 17.0 Å². The number of likely N-dealkylation sites (tertiary alicyclic amines) is 1. The van der Waals surface area contributed by atoms with E-state index in [2.05, 4.69) is 9.62 Å². The predicted molar refractivity (Wildman–Crippen MR) is 83.0 cm³/mol. The van der Waals surface area contributed by atoms with E-state index in [1.54, 1.807) is 6.07 Å². The molecule has 1 saturated heterocycles. The molecule has 1 aliphatic rings. The highest BCUT2D eigenvalue weighted by Gasteiger charge is 2.25. The summed E-state index contributed by atoms with van der Waals surface area (Å²) in [5, 5.41) is 0. The number of aryl methyl sites for hydroxylation is 1. The van der Waals surface area contributed by atoms with E-state index < -0.39 is 10.0 Å². The van der Waals surface area contributed by atoms with Gasteiger partial charge >= 0.3 is 0 Å². The molecule has 0 saturated carbocycles. The van der Waals surface area contributed by atoms with Crippen molar-refractivity contribution >= 4 is 15.7 Å². The molecule has 1 unspecified atom stereocenters. The number of nitrogens with two attached hydrogens (primary N) is 1. The highest BCUT2D eigenvalue weighted by atomic mass is 32.2. The summed E-state index contributed by atoms with van der Waals surface area (Å²) in [5.41, 5.74) is 7.06. The van der Waals surface area contributed by atoms with Gasteiger partial charge in [-0.3, -0.25) is 0 Å². The van der Waals surface area contributed by atoms with Gasteiger partial charge in [-0.1, -0.05) is 0 Å². The SMILES string of the molecule is COc1cc(C)c(N)cc1S(=O)(=O)NCC1CCCN1C. The summed E-state index contributed by atoms with van der Waals surface area (Å²) in [6.45, 7) is 3.22. The number of likely N-dealkylation sites (N-methyl/N-ethyl adjacent to an activating group) is 1. The average Bonchev–Trinajstić information content (AvgIpc) is 2.84. The van der Waals surface area contributed by atoms with Crippen LogP contribution < -0.4 is 15.2 Å². The summed E-state index contributed by atoms with van der Waals surface area (Å²) in [4.78, 5) is 2.26. The molecule has 3 N–H and O–H groups in total. The van der Waals surface area contributed by atoms with E-state index in [1.807, 2.05) is 14.0 Å². The highest BCUT2D eigenvalue weighted by molar-refractivity contribution is 7.89. The number of methoxy groups -OCH3 is 1. The maximum Gasteiger partial charge on any atom is 0.244 e. The van der Waals surface area contributed by atoms with Crippen LogP contribution in [0.3, 0.4) is 0 Å². The van der Waals surface area contributed by atoms with Gasteiger partial charge < -0.3 is 15.4 Å². The Hall–Kier alpha value is -1.31. The Labute approximate surface area is 126 Å². The monoisotopic (exact) mass is 313 g/mol. The number of benzene rings is 1. The number of rotatable bonds is 5. The molecule has 0 aromatic heterocycles. The van der Waals surface area contributed by atoms with E-state index in [0.29, 0.717) is 18.0 Å². The van der Waals surface area contributed by atoms with Crippen LogP contribution in [0.1, 0.15) is 18.4 Å². The van der Waals surface area contributed by atoms with Gasteiger partial charge in [0, 0.05) is 18.3 Å². The van der Waals surface area contributed by atoms with Crippen molar-refractivity contribution in [3.05, 3.63) is 17.7 Å². The first-order valence-electron chi connectivity index (χ1n) is 6.99. The number of sulfonamides is 1. The summed E-state index contributed by atoms with van der Waals surface area (Å²) >= 11 is 0. The van der Waals surface area contributed by atoms with Crippen molar-refractivity contribution in [2.45, 2.75) is 30.7 Å². The van der Waals surface area contributed by atoms with Gasteiger partial charge in [-0.25, -0.2) is 13.1 Å². The summed E-state index contributed by atoms with van der Waals surface area (Å²) < 4.78 is 32.8. The van der Waals surface area contributed by atoms with E-state index in [-0.39, 0.29) is 10.9 Å². The molecule has 1 aromatic carbocycles. The first-order chi connectivity index (χ1) is 9.85. The number of nitrogens with zero attached hydrogens (tertiary/aromatic N) is 1. The Morgan fingerprint density at radius 3 is 2.76 bits per heavy atom. The highest BCUT2D eigenvalue weighted by Crippen LogP contribution is 2.28. The minimum Gasteiger partial charge on any atom is -0.495 e. The molecule has 2 rings (SSSR count). The zero-order valence-corrected chi connectivity index (χ0v) is 13.5. The van der Waals surface area contributed by atoms with Crippen LogP contribution in [0.4, 0.5) is 5.69 Å². The van der Waals surface area contributed by atoms with E-state index in [9.17, 15) is 8.42 Å². The molecule has 0 aliphatic carbocycles. The molecule has 1 heterocycles. The number of nitrogens with one attached hydrogen (secondary N) is 1. The third-order valence-electron chi connectivity index (χ3n) is 4.02. The van der Waals surface area contributed by atoms with Crippen molar-refractivity contribution in [1.29, 1.82) is 0 Å².